The molecule has 6 heteroatoms. The highest BCUT2D eigenvalue weighted by molar-refractivity contribution is 5.89. The van der Waals surface area contributed by atoms with Crippen molar-refractivity contribution in [2.45, 2.75) is 44.7 Å². The maximum Gasteiger partial charge on any atom is 0.315 e. The van der Waals surface area contributed by atoms with E-state index >= 15 is 0 Å². The van der Waals surface area contributed by atoms with Gasteiger partial charge in [-0.2, -0.15) is 0 Å². The molecule has 1 saturated heterocycles. The third kappa shape index (κ3) is 2.92. The fourth-order valence-electron chi connectivity index (χ4n) is 4.39. The molecule has 1 aromatic carbocycles. The third-order valence-corrected chi connectivity index (χ3v) is 5.46. The summed E-state index contributed by atoms with van der Waals surface area (Å²) in [6.07, 6.45) is 4.31. The molecule has 1 aliphatic carbocycles. The van der Waals surface area contributed by atoms with Gasteiger partial charge < -0.3 is 20.9 Å². The number of hydrogen-bond acceptors (Lipinski definition) is 3. The first-order valence-electron chi connectivity index (χ1n) is 8.81. The smallest absolute Gasteiger partial charge is 0.315 e. The average molecular weight is 328 g/mol. The Balaban J connectivity index is 1.41. The van der Waals surface area contributed by atoms with Gasteiger partial charge in [-0.05, 0) is 55.4 Å². The molecule has 2 fully saturated rings. The first-order chi connectivity index (χ1) is 11.6. The molecule has 24 heavy (non-hydrogen) atoms. The normalized spacial score (nSPS) is 28.0. The Labute approximate surface area is 142 Å². The van der Waals surface area contributed by atoms with Crippen LogP contribution in [0.1, 0.15) is 31.7 Å². The second-order valence-corrected chi connectivity index (χ2v) is 7.23. The molecule has 0 spiro atoms. The molecule has 3 atom stereocenters. The topological polar surface area (TPSA) is 73.5 Å². The van der Waals surface area contributed by atoms with Gasteiger partial charge in [0, 0.05) is 31.4 Å². The lowest BCUT2D eigenvalue weighted by atomic mass is 9.83. The molecule has 3 aliphatic rings. The van der Waals surface area contributed by atoms with Crippen LogP contribution < -0.4 is 20.9 Å². The standard InChI is InChI=1S/C18H24N4O2/c1-11(23)19-14-3-5-17-13(9-14)6-7-22(17)10-12-2-4-15-16(8-12)21-18(24)20-15/h3,5,9,12,15-16H,2,4,6-8,10H2,1H3,(H,19,23)(H2,20,21,24). The molecule has 0 bridgehead atoms. The Kier molecular flexibility index (Phi) is 3.82. The van der Waals surface area contributed by atoms with Crippen molar-refractivity contribution in [3.63, 3.8) is 0 Å². The lowest BCUT2D eigenvalue weighted by Crippen LogP contribution is -2.42. The van der Waals surface area contributed by atoms with Crippen LogP contribution in [-0.4, -0.2) is 37.1 Å². The van der Waals surface area contributed by atoms with E-state index in [4.69, 9.17) is 0 Å². The molecule has 0 radical (unpaired) electrons. The van der Waals surface area contributed by atoms with Gasteiger partial charge in [-0.15, -0.1) is 0 Å². The Morgan fingerprint density at radius 2 is 2.12 bits per heavy atom. The molecule has 0 aromatic heterocycles. The number of rotatable bonds is 3. The van der Waals surface area contributed by atoms with Crippen molar-refractivity contribution in [3.8, 4) is 0 Å². The number of benzene rings is 1. The molecule has 3 N–H and O–H groups in total. The predicted octanol–water partition coefficient (Wildman–Crippen LogP) is 1.86. The zero-order valence-electron chi connectivity index (χ0n) is 14.0. The third-order valence-electron chi connectivity index (χ3n) is 5.46. The fraction of sp³-hybridized carbons (Fsp3) is 0.556. The lowest BCUT2D eigenvalue weighted by Gasteiger charge is -2.33. The number of carbonyl (C=O) groups excluding carboxylic acids is 2. The summed E-state index contributed by atoms with van der Waals surface area (Å²) < 4.78 is 0. The monoisotopic (exact) mass is 328 g/mol. The van der Waals surface area contributed by atoms with E-state index in [1.165, 1.54) is 24.6 Å². The van der Waals surface area contributed by atoms with Crippen LogP contribution in [0.5, 0.6) is 0 Å². The summed E-state index contributed by atoms with van der Waals surface area (Å²) in [5, 5.41) is 8.91. The van der Waals surface area contributed by atoms with Gasteiger partial charge in [0.25, 0.3) is 0 Å². The molecule has 1 saturated carbocycles. The Morgan fingerprint density at radius 1 is 1.29 bits per heavy atom. The highest BCUT2D eigenvalue weighted by Crippen LogP contribution is 2.34. The Hall–Kier alpha value is -2.24. The highest BCUT2D eigenvalue weighted by Gasteiger charge is 2.37. The summed E-state index contributed by atoms with van der Waals surface area (Å²) in [7, 11) is 0. The van der Waals surface area contributed by atoms with Crippen molar-refractivity contribution in [1.82, 2.24) is 10.6 Å². The van der Waals surface area contributed by atoms with Crippen molar-refractivity contribution in [2.24, 2.45) is 5.92 Å². The molecule has 4 rings (SSSR count). The number of anilines is 2. The molecular weight excluding hydrogens is 304 g/mol. The first-order valence-corrected chi connectivity index (χ1v) is 8.81. The molecule has 2 heterocycles. The minimum absolute atomic E-state index is 0.0114. The van der Waals surface area contributed by atoms with Crippen molar-refractivity contribution < 1.29 is 9.59 Å². The van der Waals surface area contributed by atoms with Crippen LogP contribution in [0.3, 0.4) is 0 Å². The van der Waals surface area contributed by atoms with Crippen molar-refractivity contribution >= 4 is 23.3 Å². The Morgan fingerprint density at radius 3 is 2.96 bits per heavy atom. The van der Waals surface area contributed by atoms with Gasteiger partial charge in [-0.3, -0.25) is 4.79 Å². The molecule has 2 aliphatic heterocycles. The van der Waals surface area contributed by atoms with Crippen LogP contribution in [0.25, 0.3) is 0 Å². The van der Waals surface area contributed by atoms with Gasteiger partial charge in [0.1, 0.15) is 0 Å². The SMILES string of the molecule is CC(=O)Nc1ccc2c(c1)CCN2CC1CCC2NC(=O)NC2C1. The summed E-state index contributed by atoms with van der Waals surface area (Å²) in [6, 6.07) is 6.80. The van der Waals surface area contributed by atoms with Gasteiger partial charge in [-0.1, -0.05) is 0 Å². The van der Waals surface area contributed by atoms with E-state index in [0.717, 1.165) is 38.0 Å². The Bertz CT molecular complexity index is 675. The van der Waals surface area contributed by atoms with Crippen LogP contribution in [0.15, 0.2) is 18.2 Å². The van der Waals surface area contributed by atoms with Crippen molar-refractivity contribution in [1.29, 1.82) is 0 Å². The van der Waals surface area contributed by atoms with Gasteiger partial charge >= 0.3 is 6.03 Å². The number of urea groups is 1. The van der Waals surface area contributed by atoms with Crippen LogP contribution in [-0.2, 0) is 11.2 Å². The van der Waals surface area contributed by atoms with Crippen LogP contribution in [0.4, 0.5) is 16.2 Å². The van der Waals surface area contributed by atoms with Crippen molar-refractivity contribution in [3.05, 3.63) is 23.8 Å². The molecule has 3 amide bonds. The first kappa shape index (κ1) is 15.3. The van der Waals surface area contributed by atoms with E-state index in [0.29, 0.717) is 18.0 Å². The van der Waals surface area contributed by atoms with E-state index in [-0.39, 0.29) is 11.9 Å². The summed E-state index contributed by atoms with van der Waals surface area (Å²) in [6.45, 7) is 3.62. The number of hydrogen-bond donors (Lipinski definition) is 3. The van der Waals surface area contributed by atoms with Gasteiger partial charge in [0.05, 0.1) is 12.1 Å². The number of amides is 3. The molecule has 6 nitrogen and oxygen atoms in total. The molecular formula is C18H24N4O2. The maximum absolute atomic E-state index is 11.5. The van der Waals surface area contributed by atoms with E-state index < -0.39 is 0 Å². The second kappa shape index (κ2) is 6.00. The minimum atomic E-state index is -0.0335. The minimum Gasteiger partial charge on any atom is -0.371 e. The highest BCUT2D eigenvalue weighted by atomic mass is 16.2. The number of fused-ring (bicyclic) bond motifs is 2. The van der Waals surface area contributed by atoms with E-state index in [1.54, 1.807) is 0 Å². The van der Waals surface area contributed by atoms with Crippen molar-refractivity contribution in [2.75, 3.05) is 23.3 Å². The molecule has 128 valence electrons. The summed E-state index contributed by atoms with van der Waals surface area (Å²) in [5.41, 5.74) is 3.48. The quantitative estimate of drug-likeness (QED) is 0.793. The summed E-state index contributed by atoms with van der Waals surface area (Å²) in [4.78, 5) is 25.1. The number of nitrogens with one attached hydrogen (secondary N) is 3. The second-order valence-electron chi connectivity index (χ2n) is 7.23. The van der Waals surface area contributed by atoms with Crippen LogP contribution in [0, 0.1) is 5.92 Å². The lowest BCUT2D eigenvalue weighted by molar-refractivity contribution is -0.114. The van der Waals surface area contributed by atoms with Crippen LogP contribution in [0.2, 0.25) is 0 Å². The molecule has 1 aromatic rings. The van der Waals surface area contributed by atoms with Gasteiger partial charge in [0.2, 0.25) is 5.91 Å². The largest absolute Gasteiger partial charge is 0.371 e. The number of nitrogens with zero attached hydrogens (tertiary/aromatic N) is 1. The van der Waals surface area contributed by atoms with Gasteiger partial charge in [0.15, 0.2) is 0 Å². The fourth-order valence-corrected chi connectivity index (χ4v) is 4.39. The predicted molar refractivity (Wildman–Crippen MR) is 93.2 cm³/mol. The molecule has 3 unspecified atom stereocenters. The summed E-state index contributed by atoms with van der Waals surface area (Å²) >= 11 is 0. The zero-order chi connectivity index (χ0) is 16.7. The van der Waals surface area contributed by atoms with E-state index in [9.17, 15) is 9.59 Å². The van der Waals surface area contributed by atoms with E-state index in [1.807, 2.05) is 6.07 Å². The maximum atomic E-state index is 11.5. The van der Waals surface area contributed by atoms with E-state index in [2.05, 4.69) is 33.0 Å². The summed E-state index contributed by atoms with van der Waals surface area (Å²) in [5.74, 6) is 0.584. The number of carbonyl (C=O) groups is 2. The van der Waals surface area contributed by atoms with Gasteiger partial charge in [-0.25, -0.2) is 4.79 Å². The zero-order valence-corrected chi connectivity index (χ0v) is 14.0. The average Bonchev–Trinajstić information content (AvgIpc) is 3.09. The van der Waals surface area contributed by atoms with Crippen LogP contribution >= 0.6 is 0 Å².